The van der Waals surface area contributed by atoms with E-state index in [9.17, 15) is 0 Å². The molecule has 9 heavy (non-hydrogen) atoms. The maximum absolute atomic E-state index is 2.61. The third-order valence-corrected chi connectivity index (χ3v) is 6.72. The summed E-state index contributed by atoms with van der Waals surface area (Å²) in [6.45, 7) is 0. The Balaban J connectivity index is 2.85. The van der Waals surface area contributed by atoms with Crippen molar-refractivity contribution < 1.29 is 0 Å². The van der Waals surface area contributed by atoms with Gasteiger partial charge in [0, 0.05) is 9.76 Å². The standard InChI is InChI=1S/C6H9ISi2/c7-9(8)6-4-2-1-3-5-6/h1-5,9H,8H3. The number of hydrogen-bond acceptors (Lipinski definition) is 0. The molecule has 0 saturated carbocycles. The summed E-state index contributed by atoms with van der Waals surface area (Å²) in [6.07, 6.45) is 0. The molecule has 0 aliphatic carbocycles. The normalized spacial score (nSPS) is 13.4. The third kappa shape index (κ3) is 2.23. The molecule has 1 aromatic carbocycles. The molecule has 1 atom stereocenters. The second-order valence-corrected chi connectivity index (χ2v) is 20.0. The molecule has 1 rings (SSSR count). The van der Waals surface area contributed by atoms with E-state index in [1.807, 2.05) is 0 Å². The van der Waals surface area contributed by atoms with Gasteiger partial charge in [-0.3, -0.25) is 0 Å². The molecule has 1 aromatic rings. The molecule has 0 bridgehead atoms. The molecule has 0 amide bonds. The number of hydrogen-bond donors (Lipinski definition) is 0. The molecule has 0 N–H and O–H groups in total. The summed E-state index contributed by atoms with van der Waals surface area (Å²) in [5.74, 6) is -0.420. The zero-order valence-corrected chi connectivity index (χ0v) is 10.7. The smallest absolute Gasteiger partial charge is 0.121 e. The molecule has 0 aromatic heterocycles. The lowest BCUT2D eigenvalue weighted by molar-refractivity contribution is 1.77. The van der Waals surface area contributed by atoms with Crippen molar-refractivity contribution in [1.29, 1.82) is 0 Å². The van der Waals surface area contributed by atoms with Gasteiger partial charge in [-0.25, -0.2) is 0 Å². The van der Waals surface area contributed by atoms with Crippen molar-refractivity contribution in [2.24, 2.45) is 0 Å². The van der Waals surface area contributed by atoms with Gasteiger partial charge in [0.1, 0.15) is 5.81 Å². The third-order valence-electron chi connectivity index (χ3n) is 1.26. The summed E-state index contributed by atoms with van der Waals surface area (Å²) >= 11 is 2.61. The van der Waals surface area contributed by atoms with E-state index in [1.165, 1.54) is 9.76 Å². The summed E-state index contributed by atoms with van der Waals surface area (Å²) < 4.78 is 0. The summed E-state index contributed by atoms with van der Waals surface area (Å²) in [6, 6.07) is 10.8. The van der Waals surface area contributed by atoms with Crippen LogP contribution in [-0.2, 0) is 0 Å². The van der Waals surface area contributed by atoms with Gasteiger partial charge < -0.3 is 0 Å². The molecule has 0 heterocycles. The fraction of sp³-hybridized carbons (Fsp3) is 0. The maximum atomic E-state index is 2.61. The van der Waals surface area contributed by atoms with Gasteiger partial charge in [-0.1, -0.05) is 35.5 Å². The minimum atomic E-state index is -0.420. The summed E-state index contributed by atoms with van der Waals surface area (Å²) in [7, 11) is 1.38. The second-order valence-electron chi connectivity index (χ2n) is 2.03. The molecule has 48 valence electrons. The van der Waals surface area contributed by atoms with Gasteiger partial charge >= 0.3 is 0 Å². The van der Waals surface area contributed by atoms with Crippen molar-refractivity contribution in [3.63, 3.8) is 0 Å². The Morgan fingerprint density at radius 3 is 2.11 bits per heavy atom. The first-order valence-corrected chi connectivity index (χ1v) is 12.4. The van der Waals surface area contributed by atoms with Crippen molar-refractivity contribution in [3.05, 3.63) is 30.3 Å². The molecule has 0 saturated heterocycles. The Bertz CT molecular complexity index is 174. The van der Waals surface area contributed by atoms with E-state index >= 15 is 0 Å². The molecular weight excluding hydrogens is 255 g/mol. The van der Waals surface area contributed by atoms with Crippen LogP contribution in [0.2, 0.25) is 0 Å². The molecule has 0 aliphatic heterocycles. The molecule has 3 heteroatoms. The predicted molar refractivity (Wildman–Crippen MR) is 57.2 cm³/mol. The summed E-state index contributed by atoms with van der Waals surface area (Å²) in [5, 5.41) is 1.60. The van der Waals surface area contributed by atoms with Gasteiger partial charge in [-0.05, 0) is 0 Å². The molecule has 0 nitrogen and oxygen atoms in total. The van der Waals surface area contributed by atoms with Crippen molar-refractivity contribution >= 4 is 42.6 Å². The van der Waals surface area contributed by atoms with Crippen LogP contribution < -0.4 is 5.19 Å². The second kappa shape index (κ2) is 3.53. The van der Waals surface area contributed by atoms with Crippen molar-refractivity contribution in [3.8, 4) is 0 Å². The summed E-state index contributed by atoms with van der Waals surface area (Å²) in [5.41, 5.74) is 0. The van der Waals surface area contributed by atoms with Crippen LogP contribution in [0.4, 0.5) is 0 Å². The highest BCUT2D eigenvalue weighted by Gasteiger charge is 1.97. The van der Waals surface area contributed by atoms with E-state index in [2.05, 4.69) is 52.1 Å². The fourth-order valence-corrected chi connectivity index (χ4v) is 3.87. The zero-order valence-electron chi connectivity index (χ0n) is 5.34. The zero-order chi connectivity index (χ0) is 6.69. The highest BCUT2D eigenvalue weighted by Crippen LogP contribution is 1.90. The van der Waals surface area contributed by atoms with Crippen LogP contribution in [0.15, 0.2) is 30.3 Å². The van der Waals surface area contributed by atoms with Gasteiger partial charge in [-0.15, -0.1) is 21.8 Å². The first-order chi connectivity index (χ1) is 4.30. The van der Waals surface area contributed by atoms with Crippen LogP contribution in [0.25, 0.3) is 0 Å². The van der Waals surface area contributed by atoms with Gasteiger partial charge in [0.05, 0.1) is 0 Å². The molecule has 0 radical (unpaired) electrons. The van der Waals surface area contributed by atoms with Crippen LogP contribution in [0.5, 0.6) is 0 Å². The lowest BCUT2D eigenvalue weighted by atomic mass is 10.4. The molecule has 0 aliphatic rings. The average Bonchev–Trinajstić information content (AvgIpc) is 1.90. The number of rotatable bonds is 1. The summed E-state index contributed by atoms with van der Waals surface area (Å²) in [4.78, 5) is 0. The van der Waals surface area contributed by atoms with Crippen LogP contribution in [0, 0.1) is 0 Å². The van der Waals surface area contributed by atoms with Gasteiger partial charge in [0.25, 0.3) is 0 Å². The van der Waals surface area contributed by atoms with E-state index in [0.29, 0.717) is 0 Å². The van der Waals surface area contributed by atoms with Gasteiger partial charge in [0.2, 0.25) is 0 Å². The van der Waals surface area contributed by atoms with Gasteiger partial charge in [-0.2, -0.15) is 0 Å². The van der Waals surface area contributed by atoms with Crippen LogP contribution >= 0.6 is 21.8 Å². The first-order valence-electron chi connectivity index (χ1n) is 2.99. The highest BCUT2D eigenvalue weighted by molar-refractivity contribution is 14.1. The monoisotopic (exact) mass is 264 g/mol. The Morgan fingerprint density at radius 2 is 1.78 bits per heavy atom. The Hall–Kier alpha value is 0.384. The minimum Gasteiger partial charge on any atom is -0.122 e. The van der Waals surface area contributed by atoms with Crippen LogP contribution in [0.1, 0.15) is 0 Å². The Morgan fingerprint density at radius 1 is 1.22 bits per heavy atom. The minimum absolute atomic E-state index is 0.420. The quantitative estimate of drug-likeness (QED) is 0.378. The van der Waals surface area contributed by atoms with Crippen molar-refractivity contribution in [1.82, 2.24) is 0 Å². The van der Waals surface area contributed by atoms with E-state index in [4.69, 9.17) is 0 Å². The molecule has 0 fully saturated rings. The lowest BCUT2D eigenvalue weighted by Crippen LogP contribution is -2.22. The van der Waals surface area contributed by atoms with E-state index < -0.39 is 5.81 Å². The molecule has 1 unspecified atom stereocenters. The van der Waals surface area contributed by atoms with E-state index in [1.54, 1.807) is 5.19 Å². The van der Waals surface area contributed by atoms with Crippen molar-refractivity contribution in [2.75, 3.05) is 0 Å². The predicted octanol–water partition coefficient (Wildman–Crippen LogP) is -0.0855. The lowest BCUT2D eigenvalue weighted by Gasteiger charge is -1.98. The Kier molecular flexibility index (Phi) is 2.94. The number of benzene rings is 1. The van der Waals surface area contributed by atoms with Gasteiger partial charge in [0.15, 0.2) is 0 Å². The largest absolute Gasteiger partial charge is 0.122 e. The van der Waals surface area contributed by atoms with E-state index in [-0.39, 0.29) is 0 Å². The average molecular weight is 264 g/mol. The van der Waals surface area contributed by atoms with E-state index in [0.717, 1.165) is 0 Å². The van der Waals surface area contributed by atoms with Crippen molar-refractivity contribution in [2.45, 2.75) is 0 Å². The SMILES string of the molecule is [SiH3][SiH](I)c1ccccc1. The molecule has 0 spiro atoms. The fourth-order valence-electron chi connectivity index (χ4n) is 0.718. The maximum Gasteiger partial charge on any atom is 0.121 e. The number of halogens is 1. The highest BCUT2D eigenvalue weighted by atomic mass is 127. The topological polar surface area (TPSA) is 0 Å². The Labute approximate surface area is 72.7 Å². The van der Waals surface area contributed by atoms with Crippen LogP contribution in [0.3, 0.4) is 0 Å². The van der Waals surface area contributed by atoms with Crippen LogP contribution in [-0.4, -0.2) is 15.6 Å². The molecular formula is C6H9ISi2. The first kappa shape index (κ1) is 7.49.